The molecule has 1 aromatic carbocycles. The monoisotopic (exact) mass is 395 g/mol. The summed E-state index contributed by atoms with van der Waals surface area (Å²) in [5.41, 5.74) is 6.09. The van der Waals surface area contributed by atoms with Crippen LogP contribution >= 0.6 is 0 Å². The molecule has 0 aliphatic carbocycles. The van der Waals surface area contributed by atoms with Gasteiger partial charge in [0.1, 0.15) is 17.4 Å². The van der Waals surface area contributed by atoms with E-state index in [-0.39, 0.29) is 6.04 Å². The third-order valence-electron chi connectivity index (χ3n) is 6.53. The van der Waals surface area contributed by atoms with Gasteiger partial charge in [0.05, 0.1) is 31.6 Å². The summed E-state index contributed by atoms with van der Waals surface area (Å²) >= 11 is 0. The first kappa shape index (κ1) is 18.6. The minimum absolute atomic E-state index is 0.266. The van der Waals surface area contributed by atoms with E-state index in [0.717, 1.165) is 62.2 Å². The number of fused-ring (bicyclic) bond motifs is 1. The van der Waals surface area contributed by atoms with Gasteiger partial charge in [-0.1, -0.05) is 12.1 Å². The van der Waals surface area contributed by atoms with Gasteiger partial charge < -0.3 is 9.47 Å². The lowest BCUT2D eigenvalue weighted by Gasteiger charge is -2.44. The fourth-order valence-electron chi connectivity index (χ4n) is 4.52. The van der Waals surface area contributed by atoms with Crippen molar-refractivity contribution in [2.24, 2.45) is 4.99 Å². The minimum Gasteiger partial charge on any atom is -0.497 e. The van der Waals surface area contributed by atoms with E-state index in [1.54, 1.807) is 7.11 Å². The maximum atomic E-state index is 5.52. The molecule has 0 amide bonds. The van der Waals surface area contributed by atoms with Gasteiger partial charge in [-0.3, -0.25) is 15.3 Å². The normalized spacial score (nSPS) is 21.7. The van der Waals surface area contributed by atoms with Crippen molar-refractivity contribution >= 4 is 5.84 Å². The van der Waals surface area contributed by atoms with Crippen molar-refractivity contribution in [3.8, 4) is 5.75 Å². The van der Waals surface area contributed by atoms with Gasteiger partial charge in [-0.15, -0.1) is 0 Å². The Bertz CT molecular complexity index is 879. The Morgan fingerprint density at radius 3 is 2.62 bits per heavy atom. The van der Waals surface area contributed by atoms with Crippen molar-refractivity contribution in [3.63, 3.8) is 0 Å². The Labute approximate surface area is 171 Å². The van der Waals surface area contributed by atoms with E-state index < -0.39 is 0 Å². The van der Waals surface area contributed by atoms with Crippen LogP contribution in [0.1, 0.15) is 48.7 Å². The van der Waals surface area contributed by atoms with Crippen LogP contribution in [0.4, 0.5) is 0 Å². The second-order valence-corrected chi connectivity index (χ2v) is 8.24. The zero-order valence-electron chi connectivity index (χ0n) is 17.2. The van der Waals surface area contributed by atoms with Crippen molar-refractivity contribution in [2.45, 2.75) is 44.2 Å². The number of nitrogens with zero attached hydrogens (tertiary/aromatic N) is 4. The van der Waals surface area contributed by atoms with Gasteiger partial charge in [0, 0.05) is 38.1 Å². The molecule has 2 saturated heterocycles. The van der Waals surface area contributed by atoms with Crippen LogP contribution in [0, 0.1) is 0 Å². The highest BCUT2D eigenvalue weighted by atomic mass is 16.5. The van der Waals surface area contributed by atoms with E-state index >= 15 is 0 Å². The summed E-state index contributed by atoms with van der Waals surface area (Å²) in [6, 6.07) is 8.72. The Morgan fingerprint density at radius 2 is 1.90 bits per heavy atom. The summed E-state index contributed by atoms with van der Waals surface area (Å²) < 4.78 is 13.0. The molecule has 3 aliphatic rings. The summed E-state index contributed by atoms with van der Waals surface area (Å²) in [6.45, 7) is 6.69. The Balaban J connectivity index is 1.22. The van der Waals surface area contributed by atoms with Crippen LogP contribution in [0.5, 0.6) is 5.75 Å². The molecule has 2 fully saturated rings. The first-order valence-corrected chi connectivity index (χ1v) is 10.6. The molecule has 0 bridgehead atoms. The number of hydrogen-bond acceptors (Lipinski definition) is 6. The zero-order valence-corrected chi connectivity index (χ0v) is 17.2. The van der Waals surface area contributed by atoms with Gasteiger partial charge in [0.2, 0.25) is 0 Å². The number of rotatable bonds is 5. The number of aliphatic imine (C=N–C) groups is 1. The molecular weight excluding hydrogens is 366 g/mol. The van der Waals surface area contributed by atoms with Gasteiger partial charge >= 0.3 is 0 Å². The third-order valence-corrected chi connectivity index (χ3v) is 6.53. The van der Waals surface area contributed by atoms with Gasteiger partial charge in [-0.05, 0) is 37.5 Å². The van der Waals surface area contributed by atoms with Crippen LogP contribution in [0.3, 0.4) is 0 Å². The van der Waals surface area contributed by atoms with Gasteiger partial charge in [0.15, 0.2) is 0 Å². The molecule has 2 aromatic rings. The number of hydrogen-bond donors (Lipinski definition) is 1. The second kappa shape index (κ2) is 7.80. The molecule has 0 spiro atoms. The minimum atomic E-state index is 0.266. The van der Waals surface area contributed by atoms with E-state index in [2.05, 4.69) is 34.1 Å². The molecule has 29 heavy (non-hydrogen) atoms. The number of likely N-dealkylation sites (tertiary alicyclic amines) is 1. The Hall–Kier alpha value is -2.38. The SMILES string of the molecule is COc1ccc(C2CN(C(C)C3=NCc4cnc(C5CCOCC5)n4N3)C2)cc1. The highest BCUT2D eigenvalue weighted by molar-refractivity contribution is 5.94. The molecule has 154 valence electrons. The lowest BCUT2D eigenvalue weighted by Crippen LogP contribution is -2.55. The summed E-state index contributed by atoms with van der Waals surface area (Å²) in [5.74, 6) is 4.12. The van der Waals surface area contributed by atoms with E-state index in [1.807, 2.05) is 18.3 Å². The molecule has 0 saturated carbocycles. The largest absolute Gasteiger partial charge is 0.497 e. The number of benzene rings is 1. The highest BCUT2D eigenvalue weighted by Gasteiger charge is 2.35. The van der Waals surface area contributed by atoms with E-state index in [0.29, 0.717) is 18.4 Å². The standard InChI is InChI=1S/C22H29N5O2/c1-15(26-13-18(14-26)16-3-5-20(28-2)6-4-16)21-23-11-19-12-24-22(27(19)25-21)17-7-9-29-10-8-17/h3-6,12,15,17-18H,7-11,13-14H2,1-2H3,(H,23,25). The molecule has 1 atom stereocenters. The van der Waals surface area contributed by atoms with Crippen molar-refractivity contribution in [1.29, 1.82) is 0 Å². The smallest absolute Gasteiger partial charge is 0.133 e. The molecule has 4 heterocycles. The molecule has 1 N–H and O–H groups in total. The van der Waals surface area contributed by atoms with Crippen LogP contribution in [0.25, 0.3) is 0 Å². The molecule has 5 rings (SSSR count). The third kappa shape index (κ3) is 3.53. The molecular formula is C22H29N5O2. The second-order valence-electron chi connectivity index (χ2n) is 8.24. The van der Waals surface area contributed by atoms with Crippen LogP contribution in [0.15, 0.2) is 35.5 Å². The topological polar surface area (TPSA) is 63.9 Å². The number of nitrogens with one attached hydrogen (secondary N) is 1. The van der Waals surface area contributed by atoms with E-state index in [9.17, 15) is 0 Å². The lowest BCUT2D eigenvalue weighted by molar-refractivity contribution is 0.0831. The quantitative estimate of drug-likeness (QED) is 0.843. The summed E-state index contributed by atoms with van der Waals surface area (Å²) in [4.78, 5) is 12.0. The average Bonchev–Trinajstić information content (AvgIpc) is 3.17. The first-order chi connectivity index (χ1) is 14.2. The Morgan fingerprint density at radius 1 is 1.14 bits per heavy atom. The van der Waals surface area contributed by atoms with Crippen LogP contribution < -0.4 is 10.2 Å². The van der Waals surface area contributed by atoms with Crippen molar-refractivity contribution in [2.75, 3.05) is 38.8 Å². The number of imidazole rings is 1. The summed E-state index contributed by atoms with van der Waals surface area (Å²) in [5, 5.41) is 0. The zero-order chi connectivity index (χ0) is 19.8. The average molecular weight is 396 g/mol. The fourth-order valence-corrected chi connectivity index (χ4v) is 4.52. The van der Waals surface area contributed by atoms with Crippen molar-refractivity contribution < 1.29 is 9.47 Å². The number of ether oxygens (including phenoxy) is 2. The summed E-state index contributed by atoms with van der Waals surface area (Å²) in [7, 11) is 1.71. The van der Waals surface area contributed by atoms with E-state index in [1.165, 1.54) is 5.56 Å². The van der Waals surface area contributed by atoms with Gasteiger partial charge in [0.25, 0.3) is 0 Å². The molecule has 1 aromatic heterocycles. The fraction of sp³-hybridized carbons (Fsp3) is 0.545. The highest BCUT2D eigenvalue weighted by Crippen LogP contribution is 2.31. The molecule has 7 heteroatoms. The predicted octanol–water partition coefficient (Wildman–Crippen LogP) is 2.73. The molecule has 1 unspecified atom stereocenters. The lowest BCUT2D eigenvalue weighted by atomic mass is 9.90. The van der Waals surface area contributed by atoms with Gasteiger partial charge in [-0.25, -0.2) is 9.66 Å². The summed E-state index contributed by atoms with van der Waals surface area (Å²) in [6.07, 6.45) is 4.04. The maximum absolute atomic E-state index is 5.52. The van der Waals surface area contributed by atoms with Gasteiger partial charge in [-0.2, -0.15) is 0 Å². The maximum Gasteiger partial charge on any atom is 0.133 e. The first-order valence-electron chi connectivity index (χ1n) is 10.6. The molecule has 7 nitrogen and oxygen atoms in total. The van der Waals surface area contributed by atoms with Crippen LogP contribution in [-0.4, -0.2) is 59.9 Å². The number of amidine groups is 1. The number of aromatic nitrogens is 2. The van der Waals surface area contributed by atoms with Crippen LogP contribution in [-0.2, 0) is 11.3 Å². The Kier molecular flexibility index (Phi) is 5.01. The van der Waals surface area contributed by atoms with Crippen molar-refractivity contribution in [3.05, 3.63) is 47.5 Å². The molecule has 3 aliphatic heterocycles. The number of methoxy groups -OCH3 is 1. The predicted molar refractivity (Wildman–Crippen MR) is 112 cm³/mol. The van der Waals surface area contributed by atoms with E-state index in [4.69, 9.17) is 19.5 Å². The molecule has 0 radical (unpaired) electrons. The van der Waals surface area contributed by atoms with Crippen molar-refractivity contribution in [1.82, 2.24) is 14.6 Å². The van der Waals surface area contributed by atoms with Crippen LogP contribution in [0.2, 0.25) is 0 Å².